The summed E-state index contributed by atoms with van der Waals surface area (Å²) in [5, 5.41) is 1.09. The van der Waals surface area contributed by atoms with Crippen molar-refractivity contribution in [3.8, 4) is 0 Å². The van der Waals surface area contributed by atoms with Gasteiger partial charge >= 0.3 is 0 Å². The standard InChI is InChI=1S/C4H8BBr/c5-3-1-2-4-6/h1-4H2/q-1. The summed E-state index contributed by atoms with van der Waals surface area (Å²) in [7, 11) is 5.19. The second-order valence-electron chi connectivity index (χ2n) is 1.18. The minimum absolute atomic E-state index is 0.825. The highest BCUT2D eigenvalue weighted by molar-refractivity contribution is 9.09. The van der Waals surface area contributed by atoms with Crippen LogP contribution in [0.4, 0.5) is 0 Å². The van der Waals surface area contributed by atoms with Gasteiger partial charge in [-0.1, -0.05) is 22.4 Å². The van der Waals surface area contributed by atoms with Crippen molar-refractivity contribution in [2.45, 2.75) is 19.2 Å². The van der Waals surface area contributed by atoms with E-state index in [2.05, 4.69) is 15.9 Å². The van der Waals surface area contributed by atoms with Crippen LogP contribution in [-0.2, 0) is 0 Å². The lowest BCUT2D eigenvalue weighted by Crippen LogP contribution is -1.72. The van der Waals surface area contributed by atoms with Crippen molar-refractivity contribution >= 4 is 23.8 Å². The van der Waals surface area contributed by atoms with E-state index in [0.717, 1.165) is 18.1 Å². The Hall–Kier alpha value is 0.545. The molecule has 0 bridgehead atoms. The molecule has 0 aliphatic rings. The monoisotopic (exact) mass is 146 g/mol. The Bertz CT molecular complexity index is 19.5. The first-order chi connectivity index (χ1) is 2.91. The van der Waals surface area contributed by atoms with Crippen molar-refractivity contribution < 1.29 is 0 Å². The van der Waals surface area contributed by atoms with Crippen LogP contribution in [0.2, 0.25) is 6.32 Å². The molecule has 0 saturated carbocycles. The summed E-state index contributed by atoms with van der Waals surface area (Å²) < 4.78 is 0. The molecule has 0 fully saturated rings. The average molecular weight is 147 g/mol. The predicted molar refractivity (Wildman–Crippen MR) is 33.6 cm³/mol. The summed E-state index contributed by atoms with van der Waals surface area (Å²) >= 11 is 3.29. The molecule has 0 aromatic rings. The number of halogens is 1. The molecule has 0 aliphatic heterocycles. The van der Waals surface area contributed by atoms with Gasteiger partial charge < -0.3 is 7.85 Å². The maximum atomic E-state index is 5.19. The molecule has 35 valence electrons. The summed E-state index contributed by atoms with van der Waals surface area (Å²) in [4.78, 5) is 0. The molecule has 0 rings (SSSR count). The molecule has 0 aliphatic carbocycles. The highest BCUT2D eigenvalue weighted by Crippen LogP contribution is 1.94. The van der Waals surface area contributed by atoms with E-state index in [4.69, 9.17) is 7.85 Å². The van der Waals surface area contributed by atoms with E-state index >= 15 is 0 Å². The van der Waals surface area contributed by atoms with Crippen LogP contribution in [0.3, 0.4) is 0 Å². The molecule has 0 nitrogen and oxygen atoms in total. The van der Waals surface area contributed by atoms with E-state index in [0.29, 0.717) is 0 Å². The van der Waals surface area contributed by atoms with Crippen LogP contribution in [0.15, 0.2) is 0 Å². The summed E-state index contributed by atoms with van der Waals surface area (Å²) in [6.07, 6.45) is 3.17. The van der Waals surface area contributed by atoms with Gasteiger partial charge in [0, 0.05) is 5.33 Å². The number of alkyl halides is 1. The van der Waals surface area contributed by atoms with Crippen molar-refractivity contribution in [2.75, 3.05) is 5.33 Å². The molecule has 0 aromatic carbocycles. The number of rotatable bonds is 3. The fourth-order valence-corrected chi connectivity index (χ4v) is 0.635. The maximum Gasteiger partial charge on any atom is 0.00300 e. The topological polar surface area (TPSA) is 0 Å². The molecular weight excluding hydrogens is 139 g/mol. The lowest BCUT2D eigenvalue weighted by atomic mass is 10.0. The molecule has 0 atom stereocenters. The molecule has 2 heteroatoms. The SMILES string of the molecule is [B-]CCCCBr. The number of hydrogen-bond acceptors (Lipinski definition) is 0. The zero-order valence-corrected chi connectivity index (χ0v) is 5.37. The van der Waals surface area contributed by atoms with Crippen LogP contribution in [0.25, 0.3) is 0 Å². The minimum atomic E-state index is 0.825. The van der Waals surface area contributed by atoms with Gasteiger partial charge in [0.1, 0.15) is 0 Å². The first kappa shape index (κ1) is 6.54. The summed E-state index contributed by atoms with van der Waals surface area (Å²) in [6, 6.07) is 0. The largest absolute Gasteiger partial charge is 0.626 e. The zero-order valence-electron chi connectivity index (χ0n) is 3.78. The summed E-state index contributed by atoms with van der Waals surface area (Å²) in [5.74, 6) is 0. The van der Waals surface area contributed by atoms with Crippen LogP contribution in [0, 0.1) is 0 Å². The molecule has 0 amide bonds. The van der Waals surface area contributed by atoms with Gasteiger partial charge in [-0.3, -0.25) is 6.32 Å². The maximum absolute atomic E-state index is 5.19. The van der Waals surface area contributed by atoms with Crippen LogP contribution in [-0.4, -0.2) is 13.2 Å². The fourth-order valence-electron chi connectivity index (χ4n) is 0.239. The summed E-state index contributed by atoms with van der Waals surface area (Å²) in [5.41, 5.74) is 0. The molecule has 0 saturated heterocycles. The lowest BCUT2D eigenvalue weighted by molar-refractivity contribution is 0.899. The van der Waals surface area contributed by atoms with Crippen molar-refractivity contribution in [2.24, 2.45) is 0 Å². The van der Waals surface area contributed by atoms with Crippen molar-refractivity contribution in [1.82, 2.24) is 0 Å². The van der Waals surface area contributed by atoms with Crippen LogP contribution in [0.1, 0.15) is 12.8 Å². The third-order valence-electron chi connectivity index (χ3n) is 0.588. The van der Waals surface area contributed by atoms with Gasteiger partial charge in [-0.25, -0.2) is 0 Å². The van der Waals surface area contributed by atoms with Gasteiger partial charge in [0.05, 0.1) is 0 Å². The first-order valence-electron chi connectivity index (χ1n) is 2.18. The van der Waals surface area contributed by atoms with E-state index in [1.54, 1.807) is 0 Å². The van der Waals surface area contributed by atoms with Gasteiger partial charge in [-0.2, -0.15) is 0 Å². The summed E-state index contributed by atoms with van der Waals surface area (Å²) in [6.45, 7) is 0. The molecule has 3 radical (unpaired) electrons. The Morgan fingerprint density at radius 2 is 2.00 bits per heavy atom. The normalized spacial score (nSPS) is 9.00. The highest BCUT2D eigenvalue weighted by Gasteiger charge is 1.70. The Kier molecular flexibility index (Phi) is 6.05. The van der Waals surface area contributed by atoms with Gasteiger partial charge in [0.2, 0.25) is 0 Å². The van der Waals surface area contributed by atoms with Crippen LogP contribution in [0.5, 0.6) is 0 Å². The smallest absolute Gasteiger partial charge is 0.00300 e. The van der Waals surface area contributed by atoms with E-state index < -0.39 is 0 Å². The Morgan fingerprint density at radius 1 is 1.33 bits per heavy atom. The number of unbranched alkanes of at least 4 members (excludes halogenated alkanes) is 1. The number of hydrogen-bond donors (Lipinski definition) is 0. The molecule has 0 aromatic heterocycles. The predicted octanol–water partition coefficient (Wildman–Crippen LogP) is 1.75. The van der Waals surface area contributed by atoms with Gasteiger partial charge in [-0.15, -0.1) is 0 Å². The lowest BCUT2D eigenvalue weighted by Gasteiger charge is -1.97. The van der Waals surface area contributed by atoms with E-state index in [1.807, 2.05) is 0 Å². The van der Waals surface area contributed by atoms with E-state index in [9.17, 15) is 0 Å². The Morgan fingerprint density at radius 3 is 2.17 bits per heavy atom. The second-order valence-corrected chi connectivity index (χ2v) is 1.98. The molecule has 6 heavy (non-hydrogen) atoms. The molecule has 0 heterocycles. The zero-order chi connectivity index (χ0) is 4.83. The molecule has 0 unspecified atom stereocenters. The Labute approximate surface area is 48.9 Å². The minimum Gasteiger partial charge on any atom is -0.626 e. The molecular formula is C4H8BBr-. The van der Waals surface area contributed by atoms with Crippen molar-refractivity contribution in [3.05, 3.63) is 0 Å². The molecule has 0 spiro atoms. The third kappa shape index (κ3) is 4.54. The van der Waals surface area contributed by atoms with Gasteiger partial charge in [0.15, 0.2) is 0 Å². The van der Waals surface area contributed by atoms with E-state index in [-0.39, 0.29) is 0 Å². The first-order valence-corrected chi connectivity index (χ1v) is 3.30. The van der Waals surface area contributed by atoms with Crippen LogP contribution >= 0.6 is 15.9 Å². The quantitative estimate of drug-likeness (QED) is 0.324. The van der Waals surface area contributed by atoms with E-state index in [1.165, 1.54) is 6.42 Å². The molecule has 0 N–H and O–H groups in total. The fraction of sp³-hybridized carbons (Fsp3) is 1.00. The average Bonchev–Trinajstić information content (AvgIpc) is 1.61. The Balaban J connectivity index is 2.34. The van der Waals surface area contributed by atoms with Crippen LogP contribution < -0.4 is 0 Å². The van der Waals surface area contributed by atoms with Gasteiger partial charge in [-0.05, 0) is 6.42 Å². The van der Waals surface area contributed by atoms with Crippen molar-refractivity contribution in [3.63, 3.8) is 0 Å². The highest BCUT2D eigenvalue weighted by atomic mass is 79.9. The van der Waals surface area contributed by atoms with Crippen molar-refractivity contribution in [1.29, 1.82) is 0 Å². The second kappa shape index (κ2) is 5.54. The van der Waals surface area contributed by atoms with Gasteiger partial charge in [0.25, 0.3) is 0 Å². The third-order valence-corrected chi connectivity index (χ3v) is 1.15.